The molecular formula is C17H32N2. The van der Waals surface area contributed by atoms with Gasteiger partial charge in [0.1, 0.15) is 0 Å². The molecule has 2 nitrogen and oxygen atoms in total. The van der Waals surface area contributed by atoms with Crippen molar-refractivity contribution in [1.29, 1.82) is 0 Å². The average molecular weight is 264 g/mol. The van der Waals surface area contributed by atoms with Crippen molar-refractivity contribution < 1.29 is 0 Å². The summed E-state index contributed by atoms with van der Waals surface area (Å²) in [6.07, 6.45) is 7.11. The predicted molar refractivity (Wildman–Crippen MR) is 81.3 cm³/mol. The van der Waals surface area contributed by atoms with Gasteiger partial charge in [-0.1, -0.05) is 20.3 Å². The first kappa shape index (κ1) is 13.9. The minimum Gasteiger partial charge on any atom is -0.308 e. The van der Waals surface area contributed by atoms with E-state index in [9.17, 15) is 0 Å². The zero-order valence-electron chi connectivity index (χ0n) is 13.3. The Kier molecular flexibility index (Phi) is 3.46. The van der Waals surface area contributed by atoms with Crippen LogP contribution in [0.25, 0.3) is 0 Å². The molecule has 0 spiro atoms. The maximum absolute atomic E-state index is 3.95. The van der Waals surface area contributed by atoms with E-state index in [0.29, 0.717) is 11.1 Å². The Balaban J connectivity index is 1.74. The third-order valence-electron chi connectivity index (χ3n) is 6.26. The van der Waals surface area contributed by atoms with Gasteiger partial charge in [-0.05, 0) is 57.3 Å². The first-order valence-electron chi connectivity index (χ1n) is 8.48. The molecule has 2 saturated carbocycles. The maximum atomic E-state index is 3.95. The van der Waals surface area contributed by atoms with E-state index < -0.39 is 0 Å². The first-order chi connectivity index (χ1) is 8.98. The summed E-state index contributed by atoms with van der Waals surface area (Å²) >= 11 is 0. The monoisotopic (exact) mass is 264 g/mol. The van der Waals surface area contributed by atoms with Gasteiger partial charge in [0.25, 0.3) is 0 Å². The van der Waals surface area contributed by atoms with Gasteiger partial charge in [0.05, 0.1) is 0 Å². The van der Waals surface area contributed by atoms with Crippen LogP contribution in [0.2, 0.25) is 0 Å². The lowest BCUT2D eigenvalue weighted by molar-refractivity contribution is -0.00997. The Morgan fingerprint density at radius 3 is 2.32 bits per heavy atom. The molecule has 3 aliphatic rings. The molecule has 3 fully saturated rings. The molecule has 0 amide bonds. The highest BCUT2D eigenvalue weighted by atomic mass is 15.3. The maximum Gasteiger partial charge on any atom is 0.0335 e. The molecule has 0 aromatic carbocycles. The van der Waals surface area contributed by atoms with E-state index >= 15 is 0 Å². The Hall–Kier alpha value is -0.0800. The molecule has 2 heteroatoms. The number of rotatable bonds is 5. The van der Waals surface area contributed by atoms with Crippen LogP contribution in [0.5, 0.6) is 0 Å². The summed E-state index contributed by atoms with van der Waals surface area (Å²) in [6.45, 7) is 13.5. The molecule has 1 N–H and O–H groups in total. The van der Waals surface area contributed by atoms with Gasteiger partial charge in [0.2, 0.25) is 0 Å². The second-order valence-corrected chi connectivity index (χ2v) is 8.07. The van der Waals surface area contributed by atoms with Gasteiger partial charge in [0.15, 0.2) is 0 Å². The molecule has 19 heavy (non-hydrogen) atoms. The smallest absolute Gasteiger partial charge is 0.0335 e. The van der Waals surface area contributed by atoms with Crippen molar-refractivity contribution in [3.8, 4) is 0 Å². The highest BCUT2D eigenvalue weighted by molar-refractivity contribution is 5.11. The summed E-state index contributed by atoms with van der Waals surface area (Å²) in [4.78, 5) is 2.87. The average Bonchev–Trinajstić information content (AvgIpc) is 3.23. The van der Waals surface area contributed by atoms with Crippen molar-refractivity contribution in [3.05, 3.63) is 0 Å². The first-order valence-corrected chi connectivity index (χ1v) is 8.48. The second-order valence-electron chi connectivity index (χ2n) is 8.07. The van der Waals surface area contributed by atoms with Gasteiger partial charge < -0.3 is 5.32 Å². The molecule has 0 radical (unpaired) electrons. The van der Waals surface area contributed by atoms with Crippen LogP contribution in [0.15, 0.2) is 0 Å². The number of nitrogens with zero attached hydrogens (tertiary/aromatic N) is 1. The fourth-order valence-electron chi connectivity index (χ4n) is 4.01. The molecule has 3 unspecified atom stereocenters. The van der Waals surface area contributed by atoms with E-state index in [4.69, 9.17) is 0 Å². The summed E-state index contributed by atoms with van der Waals surface area (Å²) in [6, 6.07) is 0. The van der Waals surface area contributed by atoms with Crippen molar-refractivity contribution in [1.82, 2.24) is 10.2 Å². The topological polar surface area (TPSA) is 15.3 Å². The summed E-state index contributed by atoms with van der Waals surface area (Å²) in [5.74, 6) is 2.73. The zero-order chi connectivity index (χ0) is 13.7. The SMILES string of the molecule is CCC(C)CN1CC(C)(C2CC2)NCC1(C)C1CC1. The van der Waals surface area contributed by atoms with E-state index in [1.807, 2.05) is 0 Å². The van der Waals surface area contributed by atoms with Crippen molar-refractivity contribution in [2.24, 2.45) is 17.8 Å². The van der Waals surface area contributed by atoms with Gasteiger partial charge in [-0.3, -0.25) is 4.90 Å². The molecule has 0 aromatic rings. The van der Waals surface area contributed by atoms with Crippen LogP contribution in [-0.4, -0.2) is 35.6 Å². The van der Waals surface area contributed by atoms with Crippen molar-refractivity contribution in [3.63, 3.8) is 0 Å². The van der Waals surface area contributed by atoms with Gasteiger partial charge in [0, 0.05) is 30.7 Å². The van der Waals surface area contributed by atoms with Crippen molar-refractivity contribution in [2.75, 3.05) is 19.6 Å². The molecule has 1 aliphatic heterocycles. The molecular weight excluding hydrogens is 232 g/mol. The summed E-state index contributed by atoms with van der Waals surface area (Å²) < 4.78 is 0. The summed E-state index contributed by atoms with van der Waals surface area (Å²) in [5.41, 5.74) is 0.819. The fourth-order valence-corrected chi connectivity index (χ4v) is 4.01. The fraction of sp³-hybridized carbons (Fsp3) is 1.00. The second kappa shape index (κ2) is 4.73. The van der Waals surface area contributed by atoms with Gasteiger partial charge in [-0.2, -0.15) is 0 Å². The minimum absolute atomic E-state index is 0.391. The highest BCUT2D eigenvalue weighted by Gasteiger charge is 2.54. The van der Waals surface area contributed by atoms with Crippen molar-refractivity contribution in [2.45, 2.75) is 70.9 Å². The van der Waals surface area contributed by atoms with Crippen LogP contribution < -0.4 is 5.32 Å². The third kappa shape index (κ3) is 2.58. The molecule has 110 valence electrons. The van der Waals surface area contributed by atoms with Gasteiger partial charge in [-0.15, -0.1) is 0 Å². The molecule has 3 atom stereocenters. The molecule has 3 rings (SSSR count). The van der Waals surface area contributed by atoms with E-state index in [-0.39, 0.29) is 0 Å². The van der Waals surface area contributed by atoms with Crippen LogP contribution in [0.3, 0.4) is 0 Å². The lowest BCUT2D eigenvalue weighted by Gasteiger charge is -2.54. The zero-order valence-corrected chi connectivity index (χ0v) is 13.3. The summed E-state index contributed by atoms with van der Waals surface area (Å²) in [7, 11) is 0. The molecule has 1 saturated heterocycles. The summed E-state index contributed by atoms with van der Waals surface area (Å²) in [5, 5.41) is 3.95. The van der Waals surface area contributed by atoms with Crippen LogP contribution in [0, 0.1) is 17.8 Å². The predicted octanol–water partition coefficient (Wildman–Crippen LogP) is 3.28. The van der Waals surface area contributed by atoms with Gasteiger partial charge in [-0.25, -0.2) is 0 Å². The van der Waals surface area contributed by atoms with E-state index in [1.165, 1.54) is 51.7 Å². The molecule has 0 bridgehead atoms. The van der Waals surface area contributed by atoms with E-state index in [1.54, 1.807) is 0 Å². The number of piperazine rings is 1. The minimum atomic E-state index is 0.391. The lowest BCUT2D eigenvalue weighted by Crippen LogP contribution is -2.70. The number of nitrogens with one attached hydrogen (secondary N) is 1. The Bertz CT molecular complexity index is 334. The Morgan fingerprint density at radius 2 is 1.79 bits per heavy atom. The molecule has 0 aromatic heterocycles. The lowest BCUT2D eigenvalue weighted by atomic mass is 9.82. The van der Waals surface area contributed by atoms with Crippen LogP contribution in [-0.2, 0) is 0 Å². The van der Waals surface area contributed by atoms with Crippen molar-refractivity contribution >= 4 is 0 Å². The molecule has 1 heterocycles. The highest BCUT2D eigenvalue weighted by Crippen LogP contribution is 2.48. The Morgan fingerprint density at radius 1 is 1.16 bits per heavy atom. The van der Waals surface area contributed by atoms with E-state index in [0.717, 1.165) is 17.8 Å². The largest absolute Gasteiger partial charge is 0.308 e. The Labute approximate surface area is 119 Å². The number of hydrogen-bond donors (Lipinski definition) is 1. The van der Waals surface area contributed by atoms with E-state index in [2.05, 4.69) is 37.9 Å². The van der Waals surface area contributed by atoms with Crippen LogP contribution in [0.1, 0.15) is 59.8 Å². The number of hydrogen-bond acceptors (Lipinski definition) is 2. The molecule has 2 aliphatic carbocycles. The third-order valence-corrected chi connectivity index (χ3v) is 6.26. The quantitative estimate of drug-likeness (QED) is 0.820. The normalized spacial score (nSPS) is 42.3. The van der Waals surface area contributed by atoms with Crippen LogP contribution in [0.4, 0.5) is 0 Å². The van der Waals surface area contributed by atoms with Gasteiger partial charge >= 0.3 is 0 Å². The van der Waals surface area contributed by atoms with Crippen LogP contribution >= 0.6 is 0 Å². The standard InChI is InChI=1S/C17H32N2/c1-5-13(2)10-19-12-16(3,14-6-7-14)18-11-17(19,4)15-8-9-15/h13-15,18H,5-12H2,1-4H3.